The summed E-state index contributed by atoms with van der Waals surface area (Å²) in [5, 5.41) is 3.74. The van der Waals surface area contributed by atoms with Crippen LogP contribution in [0, 0.1) is 11.8 Å². The topological polar surface area (TPSA) is 44.1 Å². The van der Waals surface area contributed by atoms with Crippen molar-refractivity contribution in [3.63, 3.8) is 0 Å². The summed E-state index contributed by atoms with van der Waals surface area (Å²) >= 11 is 0. The van der Waals surface area contributed by atoms with Crippen LogP contribution in [0.15, 0.2) is 24.3 Å². The SMILES string of the molecule is COc1ccc(Cn2nc(C(F)(F)F)c3c2C(=O)C2C(C)C32)cc1. The minimum Gasteiger partial charge on any atom is -0.497 e. The third-order valence-electron chi connectivity index (χ3n) is 5.00. The third-order valence-corrected chi connectivity index (χ3v) is 5.00. The molecule has 3 atom stereocenters. The molecule has 2 aromatic rings. The van der Waals surface area contributed by atoms with Crippen molar-refractivity contribution < 1.29 is 22.7 Å². The predicted molar refractivity (Wildman–Crippen MR) is 79.1 cm³/mol. The van der Waals surface area contributed by atoms with Gasteiger partial charge in [-0.15, -0.1) is 0 Å². The maximum absolute atomic E-state index is 13.3. The predicted octanol–water partition coefficient (Wildman–Crippen LogP) is 3.50. The number of rotatable bonds is 3. The van der Waals surface area contributed by atoms with Crippen molar-refractivity contribution in [1.29, 1.82) is 0 Å². The van der Waals surface area contributed by atoms with Gasteiger partial charge in [-0.1, -0.05) is 19.1 Å². The molecule has 0 radical (unpaired) electrons. The highest BCUT2D eigenvalue weighted by molar-refractivity contribution is 6.05. The summed E-state index contributed by atoms with van der Waals surface area (Å²) in [5.74, 6) is -0.203. The van der Waals surface area contributed by atoms with Crippen LogP contribution in [0.1, 0.15) is 40.2 Å². The molecule has 1 saturated carbocycles. The maximum Gasteiger partial charge on any atom is 0.435 e. The van der Waals surface area contributed by atoms with Crippen molar-refractivity contribution in [2.24, 2.45) is 11.8 Å². The van der Waals surface area contributed by atoms with Gasteiger partial charge in [-0.25, -0.2) is 0 Å². The Morgan fingerprint density at radius 3 is 2.46 bits per heavy atom. The maximum atomic E-state index is 13.3. The van der Waals surface area contributed by atoms with E-state index in [4.69, 9.17) is 4.74 Å². The number of hydrogen-bond acceptors (Lipinski definition) is 3. The van der Waals surface area contributed by atoms with Crippen molar-refractivity contribution in [2.45, 2.75) is 25.6 Å². The van der Waals surface area contributed by atoms with Gasteiger partial charge < -0.3 is 4.74 Å². The number of ketones is 1. The number of methoxy groups -OCH3 is 1. The van der Waals surface area contributed by atoms with Crippen molar-refractivity contribution in [3.8, 4) is 5.75 Å². The van der Waals surface area contributed by atoms with Crippen molar-refractivity contribution in [2.75, 3.05) is 7.11 Å². The van der Waals surface area contributed by atoms with E-state index in [2.05, 4.69) is 5.10 Å². The van der Waals surface area contributed by atoms with E-state index in [1.807, 2.05) is 6.92 Å². The molecule has 0 bridgehead atoms. The summed E-state index contributed by atoms with van der Waals surface area (Å²) in [6, 6.07) is 6.96. The number of carbonyl (C=O) groups is 1. The standard InChI is InChI=1S/C17H15F3N2O2/c1-8-11-12(8)15(23)14-13(11)16(17(18,19)20)21-22(14)7-9-3-5-10(24-2)6-4-9/h3-6,8,11-12H,7H2,1-2H3. The lowest BCUT2D eigenvalue weighted by Crippen LogP contribution is -2.13. The first-order valence-electron chi connectivity index (χ1n) is 7.68. The van der Waals surface area contributed by atoms with E-state index in [0.29, 0.717) is 5.75 Å². The lowest BCUT2D eigenvalue weighted by Gasteiger charge is -2.07. The lowest BCUT2D eigenvalue weighted by atomic mass is 10.1. The van der Waals surface area contributed by atoms with Crippen LogP contribution in [0.4, 0.5) is 13.2 Å². The molecular weight excluding hydrogens is 321 g/mol. The molecule has 7 heteroatoms. The number of fused-ring (bicyclic) bond motifs is 3. The zero-order chi connectivity index (χ0) is 17.2. The van der Waals surface area contributed by atoms with Crippen LogP contribution in [0.2, 0.25) is 0 Å². The van der Waals surface area contributed by atoms with E-state index in [1.54, 1.807) is 24.3 Å². The second kappa shape index (κ2) is 4.84. The first kappa shape index (κ1) is 15.2. The molecule has 0 spiro atoms. The second-order valence-corrected chi connectivity index (χ2v) is 6.39. The summed E-state index contributed by atoms with van der Waals surface area (Å²) < 4.78 is 46.3. The van der Waals surface area contributed by atoms with Crippen molar-refractivity contribution >= 4 is 5.78 Å². The fraction of sp³-hybridized carbons (Fsp3) is 0.412. The molecule has 2 aliphatic carbocycles. The first-order chi connectivity index (χ1) is 11.3. The molecule has 1 aromatic heterocycles. The van der Waals surface area contributed by atoms with E-state index >= 15 is 0 Å². The Balaban J connectivity index is 1.76. The van der Waals surface area contributed by atoms with Crippen LogP contribution in [-0.2, 0) is 12.7 Å². The van der Waals surface area contributed by atoms with E-state index < -0.39 is 11.9 Å². The van der Waals surface area contributed by atoms with Gasteiger partial charge in [0.2, 0.25) is 0 Å². The summed E-state index contributed by atoms with van der Waals surface area (Å²) in [4.78, 5) is 12.5. The van der Waals surface area contributed by atoms with Crippen molar-refractivity contribution in [1.82, 2.24) is 9.78 Å². The number of Topliss-reactive ketones (excluding diaryl/α,β-unsaturated/α-hetero) is 1. The highest BCUT2D eigenvalue weighted by atomic mass is 19.4. The average molecular weight is 336 g/mol. The normalized spacial score (nSPS) is 24.7. The summed E-state index contributed by atoms with van der Waals surface area (Å²) in [7, 11) is 1.54. The van der Waals surface area contributed by atoms with Crippen LogP contribution in [0.3, 0.4) is 0 Å². The lowest BCUT2D eigenvalue weighted by molar-refractivity contribution is -0.142. The number of nitrogens with zero attached hydrogens (tertiary/aromatic N) is 2. The van der Waals surface area contributed by atoms with Gasteiger partial charge in [-0.3, -0.25) is 9.48 Å². The fourth-order valence-electron chi connectivity index (χ4n) is 3.74. The molecule has 3 unspecified atom stereocenters. The summed E-state index contributed by atoms with van der Waals surface area (Å²) in [6.45, 7) is 1.94. The minimum absolute atomic E-state index is 0.0234. The van der Waals surface area contributed by atoms with Gasteiger partial charge in [0.25, 0.3) is 0 Å². The van der Waals surface area contributed by atoms with Gasteiger partial charge in [-0.2, -0.15) is 18.3 Å². The van der Waals surface area contributed by atoms with Crippen LogP contribution in [0.5, 0.6) is 5.75 Å². The summed E-state index contributed by atoms with van der Waals surface area (Å²) in [6.07, 6.45) is -4.55. The highest BCUT2D eigenvalue weighted by Crippen LogP contribution is 2.63. The van der Waals surface area contributed by atoms with Gasteiger partial charge in [-0.05, 0) is 23.6 Å². The molecule has 0 saturated heterocycles. The number of benzene rings is 1. The number of aromatic nitrogens is 2. The van der Waals surface area contributed by atoms with Crippen LogP contribution in [0.25, 0.3) is 0 Å². The van der Waals surface area contributed by atoms with Gasteiger partial charge in [0.15, 0.2) is 11.5 Å². The number of hydrogen-bond donors (Lipinski definition) is 0. The van der Waals surface area contributed by atoms with Gasteiger partial charge in [0, 0.05) is 17.4 Å². The molecule has 0 N–H and O–H groups in total. The van der Waals surface area contributed by atoms with E-state index in [0.717, 1.165) is 5.56 Å². The third kappa shape index (κ3) is 2.07. The smallest absolute Gasteiger partial charge is 0.435 e. The molecule has 1 fully saturated rings. The Labute approximate surface area is 136 Å². The van der Waals surface area contributed by atoms with Gasteiger partial charge in [0.1, 0.15) is 11.4 Å². The number of ether oxygens (including phenoxy) is 1. The number of carbonyl (C=O) groups excluding carboxylic acids is 1. The number of alkyl halides is 3. The molecule has 4 nitrogen and oxygen atoms in total. The van der Waals surface area contributed by atoms with Gasteiger partial charge >= 0.3 is 6.18 Å². The van der Waals surface area contributed by atoms with Crippen molar-refractivity contribution in [3.05, 3.63) is 46.8 Å². The molecule has 1 aromatic carbocycles. The first-order valence-corrected chi connectivity index (χ1v) is 7.68. The van der Waals surface area contributed by atoms with Gasteiger partial charge in [0.05, 0.1) is 13.7 Å². The molecule has 126 valence electrons. The molecule has 0 aliphatic heterocycles. The Bertz CT molecular complexity index is 824. The van der Waals surface area contributed by atoms with E-state index in [-0.39, 0.29) is 41.3 Å². The quantitative estimate of drug-likeness (QED) is 0.862. The average Bonchev–Trinajstić information content (AvgIpc) is 2.89. The molecule has 24 heavy (non-hydrogen) atoms. The van der Waals surface area contributed by atoms with Crippen LogP contribution in [-0.4, -0.2) is 22.7 Å². The monoisotopic (exact) mass is 336 g/mol. The van der Waals surface area contributed by atoms with Crippen LogP contribution >= 0.6 is 0 Å². The molecule has 2 aliphatic rings. The van der Waals surface area contributed by atoms with E-state index in [1.165, 1.54) is 11.8 Å². The number of halogens is 3. The molecule has 0 amide bonds. The summed E-state index contributed by atoms with van der Waals surface area (Å²) in [5.41, 5.74) is 0.0808. The molecular formula is C17H15F3N2O2. The minimum atomic E-state index is -4.55. The fourth-order valence-corrected chi connectivity index (χ4v) is 3.74. The zero-order valence-corrected chi connectivity index (χ0v) is 13.1. The highest BCUT2D eigenvalue weighted by Gasteiger charge is 2.63. The molecule has 4 rings (SSSR count). The van der Waals surface area contributed by atoms with Crippen LogP contribution < -0.4 is 4.74 Å². The molecule has 1 heterocycles. The Kier molecular flexibility index (Phi) is 3.07. The van der Waals surface area contributed by atoms with E-state index in [9.17, 15) is 18.0 Å². The zero-order valence-electron chi connectivity index (χ0n) is 13.1. The largest absolute Gasteiger partial charge is 0.497 e. The second-order valence-electron chi connectivity index (χ2n) is 6.39. The Hall–Kier alpha value is -2.31. The Morgan fingerprint density at radius 2 is 1.88 bits per heavy atom. The Morgan fingerprint density at radius 1 is 1.21 bits per heavy atom.